The molecule has 1 fully saturated rings. The van der Waals surface area contributed by atoms with Crippen molar-refractivity contribution < 1.29 is 23.8 Å². The van der Waals surface area contributed by atoms with Crippen molar-refractivity contribution in [1.82, 2.24) is 19.5 Å². The number of fused-ring (bicyclic) bond motifs is 2. The molecule has 0 aromatic carbocycles. The van der Waals surface area contributed by atoms with E-state index in [9.17, 15) is 14.7 Å². The summed E-state index contributed by atoms with van der Waals surface area (Å²) in [5.41, 5.74) is 0.794. The second-order valence-corrected chi connectivity index (χ2v) is 9.95. The van der Waals surface area contributed by atoms with Gasteiger partial charge in [-0.1, -0.05) is 0 Å². The van der Waals surface area contributed by atoms with Crippen LogP contribution in [0.15, 0.2) is 35.1 Å². The van der Waals surface area contributed by atoms with Crippen molar-refractivity contribution >= 4 is 29.5 Å². The van der Waals surface area contributed by atoms with Crippen LogP contribution in [0, 0.1) is 0 Å². The summed E-state index contributed by atoms with van der Waals surface area (Å²) in [5.74, 6) is 1.97. The van der Waals surface area contributed by atoms with E-state index in [1.54, 1.807) is 34.0 Å². The van der Waals surface area contributed by atoms with Gasteiger partial charge in [-0.3, -0.25) is 4.90 Å². The van der Waals surface area contributed by atoms with Gasteiger partial charge in [-0.2, -0.15) is 9.61 Å². The van der Waals surface area contributed by atoms with Gasteiger partial charge < -0.3 is 24.1 Å². The van der Waals surface area contributed by atoms with Gasteiger partial charge in [-0.25, -0.2) is 14.6 Å². The van der Waals surface area contributed by atoms with Crippen LogP contribution >= 0.6 is 0 Å². The molecule has 35 heavy (non-hydrogen) atoms. The van der Waals surface area contributed by atoms with Crippen molar-refractivity contribution in [1.29, 1.82) is 0 Å². The van der Waals surface area contributed by atoms with E-state index in [1.807, 2.05) is 26.8 Å². The summed E-state index contributed by atoms with van der Waals surface area (Å²) in [7, 11) is 0. The van der Waals surface area contributed by atoms with Gasteiger partial charge >= 0.3 is 12.2 Å². The predicted octanol–water partition coefficient (Wildman–Crippen LogP) is 3.77. The summed E-state index contributed by atoms with van der Waals surface area (Å²) in [5, 5.41) is 14.0. The Morgan fingerprint density at radius 3 is 2.83 bits per heavy atom. The van der Waals surface area contributed by atoms with Crippen molar-refractivity contribution in [3.63, 3.8) is 0 Å². The number of aromatic nitrogens is 3. The highest BCUT2D eigenvalue weighted by Crippen LogP contribution is 2.38. The highest BCUT2D eigenvalue weighted by atomic mass is 16.6. The molecule has 0 unspecified atom stereocenters. The average Bonchev–Trinajstić information content (AvgIpc) is 3.55. The van der Waals surface area contributed by atoms with Gasteiger partial charge in [-0.15, -0.1) is 0 Å². The van der Waals surface area contributed by atoms with Crippen LogP contribution in [-0.4, -0.2) is 68.1 Å². The third-order valence-corrected chi connectivity index (χ3v) is 6.33. The van der Waals surface area contributed by atoms with Gasteiger partial charge in [-0.05, 0) is 52.2 Å². The molecule has 0 saturated carbocycles. The zero-order chi connectivity index (χ0) is 24.7. The lowest BCUT2D eigenvalue weighted by atomic mass is 10.0. The first-order chi connectivity index (χ1) is 16.7. The molecule has 2 aliphatic heterocycles. The number of carbonyl (C=O) groups excluding carboxylic acids is 1. The van der Waals surface area contributed by atoms with Crippen molar-refractivity contribution in [2.75, 3.05) is 29.4 Å². The van der Waals surface area contributed by atoms with Crippen LogP contribution in [0.4, 0.5) is 21.2 Å². The van der Waals surface area contributed by atoms with Crippen LogP contribution in [-0.2, 0) is 17.7 Å². The topological polar surface area (TPSA) is 117 Å². The molecule has 186 valence electrons. The van der Waals surface area contributed by atoms with E-state index >= 15 is 0 Å². The van der Waals surface area contributed by atoms with Crippen molar-refractivity contribution in [2.24, 2.45) is 0 Å². The average molecular weight is 483 g/mol. The Morgan fingerprint density at radius 1 is 1.29 bits per heavy atom. The molecule has 0 radical (unpaired) electrons. The fraction of sp³-hybridized carbons (Fsp3) is 0.500. The quantitative estimate of drug-likeness (QED) is 0.597. The number of furan rings is 1. The first-order valence-electron chi connectivity index (χ1n) is 11.9. The number of carboxylic acid groups (broad SMARTS) is 1. The Hall–Kier alpha value is -3.76. The number of amides is 2. The number of piperidine rings is 1. The second kappa shape index (κ2) is 8.79. The van der Waals surface area contributed by atoms with Crippen molar-refractivity contribution in [3.05, 3.63) is 42.0 Å². The van der Waals surface area contributed by atoms with E-state index in [4.69, 9.17) is 14.1 Å². The Morgan fingerprint density at radius 2 is 2.11 bits per heavy atom. The molecule has 1 saturated heterocycles. The molecule has 2 aliphatic rings. The van der Waals surface area contributed by atoms with Gasteiger partial charge in [0.05, 0.1) is 19.0 Å². The van der Waals surface area contributed by atoms with Gasteiger partial charge in [0.2, 0.25) is 0 Å². The van der Waals surface area contributed by atoms with Crippen molar-refractivity contribution in [3.8, 4) is 0 Å². The smallest absolute Gasteiger partial charge is 0.416 e. The van der Waals surface area contributed by atoms with Gasteiger partial charge in [0.25, 0.3) is 0 Å². The van der Waals surface area contributed by atoms with E-state index in [2.05, 4.69) is 10.00 Å². The number of nitrogens with zero attached hydrogens (tertiary/aromatic N) is 6. The Balaban J connectivity index is 1.58. The third kappa shape index (κ3) is 4.50. The molecular formula is C24H30N6O5. The summed E-state index contributed by atoms with van der Waals surface area (Å²) in [4.78, 5) is 35.1. The summed E-state index contributed by atoms with van der Waals surface area (Å²) in [6.07, 6.45) is 4.14. The number of likely N-dealkylation sites (tertiary alicyclic amines) is 1. The monoisotopic (exact) mass is 482 g/mol. The van der Waals surface area contributed by atoms with Crippen molar-refractivity contribution in [2.45, 2.75) is 58.2 Å². The lowest BCUT2D eigenvalue weighted by molar-refractivity contribution is 0.0572. The zero-order valence-electron chi connectivity index (χ0n) is 20.2. The van der Waals surface area contributed by atoms with Crippen LogP contribution < -0.4 is 9.80 Å². The summed E-state index contributed by atoms with van der Waals surface area (Å²) < 4.78 is 13.0. The van der Waals surface area contributed by atoms with E-state index < -0.39 is 17.8 Å². The van der Waals surface area contributed by atoms with Gasteiger partial charge in [0.15, 0.2) is 5.65 Å². The largest absolute Gasteiger partial charge is 0.467 e. The van der Waals surface area contributed by atoms with Crippen LogP contribution in [0.25, 0.3) is 5.65 Å². The standard InChI is InChI=1S/C24H30N6O5/c1-24(2,3)35-23(33)29(15-17-7-5-13-34-17)21-18-9-12-28(16-6-4-11-27(14-16)22(31)32)20(18)26-19-8-10-25-30(19)21/h5,7-8,10,13,16H,4,6,9,11-12,14-15H2,1-3H3,(H,31,32)/t16-/m0/s1. The Kier molecular flexibility index (Phi) is 5.78. The normalized spacial score (nSPS) is 18.1. The highest BCUT2D eigenvalue weighted by Gasteiger charge is 2.37. The number of carbonyl (C=O) groups is 2. The molecule has 1 N–H and O–H groups in total. The first-order valence-corrected chi connectivity index (χ1v) is 11.9. The number of rotatable bonds is 4. The zero-order valence-corrected chi connectivity index (χ0v) is 20.2. The number of hydrogen-bond donors (Lipinski definition) is 1. The molecule has 11 nitrogen and oxygen atoms in total. The first kappa shape index (κ1) is 23.0. The van der Waals surface area contributed by atoms with E-state index in [0.29, 0.717) is 43.3 Å². The SMILES string of the molecule is CC(C)(C)OC(=O)N(Cc1ccco1)c1c2c(nc3ccnn13)N([C@H]1CCCN(C(=O)O)C1)CC2. The molecule has 0 bridgehead atoms. The van der Waals surface area contributed by atoms with Crippen LogP contribution in [0.5, 0.6) is 0 Å². The minimum atomic E-state index is -0.899. The maximum Gasteiger partial charge on any atom is 0.416 e. The molecule has 3 aromatic rings. The number of anilines is 2. The summed E-state index contributed by atoms with van der Waals surface area (Å²) in [6, 6.07) is 5.41. The molecule has 5 heterocycles. The molecule has 11 heteroatoms. The maximum absolute atomic E-state index is 13.5. The Bertz CT molecular complexity index is 1230. The van der Waals surface area contributed by atoms with Crippen LogP contribution in [0.1, 0.15) is 44.9 Å². The minimum Gasteiger partial charge on any atom is -0.467 e. The van der Waals surface area contributed by atoms with Crippen LogP contribution in [0.3, 0.4) is 0 Å². The maximum atomic E-state index is 13.5. The third-order valence-electron chi connectivity index (χ3n) is 6.33. The second-order valence-electron chi connectivity index (χ2n) is 9.95. The molecule has 0 aliphatic carbocycles. The predicted molar refractivity (Wildman–Crippen MR) is 128 cm³/mol. The van der Waals surface area contributed by atoms with E-state index in [0.717, 1.165) is 24.2 Å². The number of ether oxygens (including phenoxy) is 1. The lowest BCUT2D eigenvalue weighted by Crippen LogP contribution is -2.49. The Labute approximate surface area is 202 Å². The molecular weight excluding hydrogens is 452 g/mol. The molecule has 3 aromatic heterocycles. The molecule has 0 spiro atoms. The molecule has 5 rings (SSSR count). The summed E-state index contributed by atoms with van der Waals surface area (Å²) in [6.45, 7) is 7.31. The van der Waals surface area contributed by atoms with Gasteiger partial charge in [0.1, 0.15) is 23.0 Å². The van der Waals surface area contributed by atoms with Crippen LogP contribution in [0.2, 0.25) is 0 Å². The lowest BCUT2D eigenvalue weighted by Gasteiger charge is -2.37. The fourth-order valence-corrected chi connectivity index (χ4v) is 4.86. The molecule has 2 amide bonds. The van der Waals surface area contributed by atoms with E-state index in [-0.39, 0.29) is 12.6 Å². The molecule has 1 atom stereocenters. The highest BCUT2D eigenvalue weighted by molar-refractivity contribution is 5.89. The van der Waals surface area contributed by atoms with E-state index in [1.165, 1.54) is 4.90 Å². The summed E-state index contributed by atoms with van der Waals surface area (Å²) >= 11 is 0. The minimum absolute atomic E-state index is 0.0203. The fourth-order valence-electron chi connectivity index (χ4n) is 4.86. The van der Waals surface area contributed by atoms with Gasteiger partial charge in [0, 0.05) is 37.3 Å². The number of hydrogen-bond acceptors (Lipinski definition) is 7.